The maximum Gasteiger partial charge on any atom is 0.128 e. The summed E-state index contributed by atoms with van der Waals surface area (Å²) in [5.74, 6) is -0.264. The van der Waals surface area contributed by atoms with Gasteiger partial charge in [0.1, 0.15) is 5.82 Å². The standard InChI is InChI=1S/C15H19ClFN3/c1-15(2,3)18-9-13-6-7-19-20(13)10-11-8-12(16)4-5-14(11)17/h4-8,18H,9-10H2,1-3H3. The molecule has 108 valence electrons. The minimum atomic E-state index is -0.264. The van der Waals surface area contributed by atoms with E-state index in [0.717, 1.165) is 5.69 Å². The van der Waals surface area contributed by atoms with Crippen LogP contribution in [0.25, 0.3) is 0 Å². The summed E-state index contributed by atoms with van der Waals surface area (Å²) < 4.78 is 15.5. The molecule has 5 heteroatoms. The lowest BCUT2D eigenvalue weighted by atomic mass is 10.1. The molecule has 2 rings (SSSR count). The Bertz CT molecular complexity index is 587. The Morgan fingerprint density at radius 2 is 2.05 bits per heavy atom. The van der Waals surface area contributed by atoms with Crippen molar-refractivity contribution >= 4 is 11.6 Å². The van der Waals surface area contributed by atoms with Gasteiger partial charge in [-0.05, 0) is 45.0 Å². The van der Waals surface area contributed by atoms with Crippen molar-refractivity contribution < 1.29 is 4.39 Å². The average molecular weight is 296 g/mol. The predicted octanol–water partition coefficient (Wildman–Crippen LogP) is 3.61. The van der Waals surface area contributed by atoms with Crippen LogP contribution in [0.1, 0.15) is 32.0 Å². The largest absolute Gasteiger partial charge is 0.306 e. The van der Waals surface area contributed by atoms with Crippen molar-refractivity contribution in [2.24, 2.45) is 0 Å². The second-order valence-corrected chi connectivity index (χ2v) is 6.26. The first-order valence-electron chi connectivity index (χ1n) is 6.55. The monoisotopic (exact) mass is 295 g/mol. The molecule has 0 spiro atoms. The molecular formula is C15H19ClFN3. The van der Waals surface area contributed by atoms with E-state index in [9.17, 15) is 4.39 Å². The molecule has 0 unspecified atom stereocenters. The van der Waals surface area contributed by atoms with Gasteiger partial charge in [-0.2, -0.15) is 5.10 Å². The van der Waals surface area contributed by atoms with Gasteiger partial charge >= 0.3 is 0 Å². The third kappa shape index (κ3) is 4.05. The highest BCUT2D eigenvalue weighted by Gasteiger charge is 2.12. The number of halogens is 2. The van der Waals surface area contributed by atoms with E-state index < -0.39 is 0 Å². The van der Waals surface area contributed by atoms with Crippen LogP contribution in [0.15, 0.2) is 30.5 Å². The van der Waals surface area contributed by atoms with Gasteiger partial charge < -0.3 is 5.32 Å². The van der Waals surface area contributed by atoms with Crippen molar-refractivity contribution in [2.75, 3.05) is 0 Å². The van der Waals surface area contributed by atoms with Gasteiger partial charge in [0.25, 0.3) is 0 Å². The molecule has 0 amide bonds. The smallest absolute Gasteiger partial charge is 0.128 e. The van der Waals surface area contributed by atoms with Gasteiger partial charge in [0.2, 0.25) is 0 Å². The second-order valence-electron chi connectivity index (χ2n) is 5.82. The van der Waals surface area contributed by atoms with Gasteiger partial charge in [0.15, 0.2) is 0 Å². The number of nitrogens with one attached hydrogen (secondary N) is 1. The second kappa shape index (κ2) is 5.94. The van der Waals surface area contributed by atoms with Crippen LogP contribution in [0.3, 0.4) is 0 Å². The van der Waals surface area contributed by atoms with Crippen LogP contribution < -0.4 is 5.32 Å². The third-order valence-corrected chi connectivity index (χ3v) is 3.17. The van der Waals surface area contributed by atoms with Crippen LogP contribution in [-0.4, -0.2) is 15.3 Å². The SMILES string of the molecule is CC(C)(C)NCc1ccnn1Cc1cc(Cl)ccc1F. The zero-order valence-corrected chi connectivity index (χ0v) is 12.7. The molecule has 3 nitrogen and oxygen atoms in total. The summed E-state index contributed by atoms with van der Waals surface area (Å²) in [6.45, 7) is 7.37. The van der Waals surface area contributed by atoms with Crippen molar-refractivity contribution in [3.8, 4) is 0 Å². The molecular weight excluding hydrogens is 277 g/mol. The number of rotatable bonds is 4. The molecule has 0 fully saturated rings. The maximum atomic E-state index is 13.8. The Hall–Kier alpha value is -1.39. The van der Waals surface area contributed by atoms with Gasteiger partial charge in [0, 0.05) is 28.9 Å². The number of aromatic nitrogens is 2. The van der Waals surface area contributed by atoms with E-state index in [1.165, 1.54) is 6.07 Å². The molecule has 0 aliphatic carbocycles. The first-order valence-corrected chi connectivity index (χ1v) is 6.92. The summed E-state index contributed by atoms with van der Waals surface area (Å²) in [7, 11) is 0. The summed E-state index contributed by atoms with van der Waals surface area (Å²) in [5.41, 5.74) is 1.58. The van der Waals surface area contributed by atoms with Crippen LogP contribution in [0.4, 0.5) is 4.39 Å². The number of nitrogens with zero attached hydrogens (tertiary/aromatic N) is 2. The van der Waals surface area contributed by atoms with Crippen molar-refractivity contribution in [3.05, 3.63) is 52.6 Å². The Morgan fingerprint density at radius 1 is 1.30 bits per heavy atom. The van der Waals surface area contributed by atoms with Crippen LogP contribution in [0.2, 0.25) is 5.02 Å². The predicted molar refractivity (Wildman–Crippen MR) is 79.3 cm³/mol. The molecule has 0 aliphatic rings. The molecule has 1 heterocycles. The molecule has 0 aliphatic heterocycles. The first-order chi connectivity index (χ1) is 9.35. The lowest BCUT2D eigenvalue weighted by Crippen LogP contribution is -2.35. The molecule has 1 N–H and O–H groups in total. The van der Waals surface area contributed by atoms with E-state index in [1.54, 1.807) is 23.0 Å². The highest BCUT2D eigenvalue weighted by atomic mass is 35.5. The van der Waals surface area contributed by atoms with E-state index in [2.05, 4.69) is 31.2 Å². The van der Waals surface area contributed by atoms with E-state index in [4.69, 9.17) is 11.6 Å². The Kier molecular flexibility index (Phi) is 4.45. The van der Waals surface area contributed by atoms with E-state index in [1.807, 2.05) is 6.07 Å². The zero-order valence-electron chi connectivity index (χ0n) is 12.0. The maximum absolute atomic E-state index is 13.8. The fourth-order valence-electron chi connectivity index (χ4n) is 1.83. The van der Waals surface area contributed by atoms with Crippen LogP contribution in [-0.2, 0) is 13.1 Å². The normalized spacial score (nSPS) is 11.8. The van der Waals surface area contributed by atoms with Gasteiger partial charge in [0.05, 0.1) is 12.2 Å². The minimum Gasteiger partial charge on any atom is -0.306 e. The van der Waals surface area contributed by atoms with Crippen LogP contribution in [0.5, 0.6) is 0 Å². The van der Waals surface area contributed by atoms with Crippen LogP contribution in [0, 0.1) is 5.82 Å². The van der Waals surface area contributed by atoms with Gasteiger partial charge in [-0.3, -0.25) is 4.68 Å². The number of hydrogen-bond donors (Lipinski definition) is 1. The summed E-state index contributed by atoms with van der Waals surface area (Å²) >= 11 is 5.91. The fraction of sp³-hybridized carbons (Fsp3) is 0.400. The third-order valence-electron chi connectivity index (χ3n) is 2.93. The molecule has 1 aromatic carbocycles. The average Bonchev–Trinajstić information content (AvgIpc) is 2.78. The molecule has 0 bridgehead atoms. The minimum absolute atomic E-state index is 0.0242. The van der Waals surface area contributed by atoms with Gasteiger partial charge in [-0.1, -0.05) is 11.6 Å². The summed E-state index contributed by atoms with van der Waals surface area (Å²) in [6, 6.07) is 6.50. The Labute approximate surface area is 123 Å². The molecule has 0 saturated carbocycles. The van der Waals surface area contributed by atoms with Crippen LogP contribution >= 0.6 is 11.6 Å². The Morgan fingerprint density at radius 3 is 2.75 bits per heavy atom. The van der Waals surface area contributed by atoms with Gasteiger partial charge in [-0.25, -0.2) is 4.39 Å². The molecule has 1 aromatic heterocycles. The van der Waals surface area contributed by atoms with Crippen molar-refractivity contribution in [3.63, 3.8) is 0 Å². The summed E-state index contributed by atoms with van der Waals surface area (Å²) in [4.78, 5) is 0. The highest BCUT2D eigenvalue weighted by Crippen LogP contribution is 2.16. The molecule has 0 saturated heterocycles. The lowest BCUT2D eigenvalue weighted by Gasteiger charge is -2.20. The Balaban J connectivity index is 2.14. The quantitative estimate of drug-likeness (QED) is 0.934. The number of benzene rings is 1. The lowest BCUT2D eigenvalue weighted by molar-refractivity contribution is 0.413. The van der Waals surface area contributed by atoms with Crippen molar-refractivity contribution in [2.45, 2.75) is 39.4 Å². The molecule has 0 atom stereocenters. The zero-order chi connectivity index (χ0) is 14.8. The number of hydrogen-bond acceptors (Lipinski definition) is 2. The molecule has 2 aromatic rings. The highest BCUT2D eigenvalue weighted by molar-refractivity contribution is 6.30. The van der Waals surface area contributed by atoms with Crippen molar-refractivity contribution in [1.82, 2.24) is 15.1 Å². The first kappa shape index (κ1) is 15.0. The summed E-state index contributed by atoms with van der Waals surface area (Å²) in [5, 5.41) is 8.18. The van der Waals surface area contributed by atoms with E-state index in [-0.39, 0.29) is 11.4 Å². The molecule has 20 heavy (non-hydrogen) atoms. The van der Waals surface area contributed by atoms with Gasteiger partial charge in [-0.15, -0.1) is 0 Å². The van der Waals surface area contributed by atoms with E-state index in [0.29, 0.717) is 23.7 Å². The topological polar surface area (TPSA) is 29.9 Å². The van der Waals surface area contributed by atoms with E-state index >= 15 is 0 Å². The molecule has 0 radical (unpaired) electrons. The van der Waals surface area contributed by atoms with Crippen molar-refractivity contribution in [1.29, 1.82) is 0 Å². The fourth-order valence-corrected chi connectivity index (χ4v) is 2.03. The summed E-state index contributed by atoms with van der Waals surface area (Å²) in [6.07, 6.45) is 1.72.